The van der Waals surface area contributed by atoms with Gasteiger partial charge in [0.25, 0.3) is 0 Å². The zero-order chi connectivity index (χ0) is 15.6. The highest BCUT2D eigenvalue weighted by Gasteiger charge is 2.21. The molecule has 0 saturated carbocycles. The van der Waals surface area contributed by atoms with Crippen LogP contribution in [0.4, 0.5) is 16.0 Å². The largest absolute Gasteiger partial charge is 0.430 e. The number of aromatic nitrogens is 2. The van der Waals surface area contributed by atoms with Crippen molar-refractivity contribution < 1.29 is 14.1 Å². The second kappa shape index (κ2) is 6.19. The lowest BCUT2D eigenvalue weighted by molar-refractivity contribution is -0.385. The number of anilines is 1. The fourth-order valence-electron chi connectivity index (χ4n) is 1.39. The average molecular weight is 378 g/mol. The smallest absolute Gasteiger partial charge is 0.312 e. The normalized spacial score (nSPS) is 10.3. The summed E-state index contributed by atoms with van der Waals surface area (Å²) in [6.45, 7) is 0. The lowest BCUT2D eigenvalue weighted by Crippen LogP contribution is -2.00. The zero-order valence-corrected chi connectivity index (χ0v) is 12.8. The van der Waals surface area contributed by atoms with Gasteiger partial charge in [-0.05, 0) is 15.9 Å². The molecule has 1 aromatic carbocycles. The summed E-state index contributed by atoms with van der Waals surface area (Å²) >= 11 is 8.73. The van der Waals surface area contributed by atoms with Gasteiger partial charge in [0, 0.05) is 19.2 Å². The molecule has 110 valence electrons. The van der Waals surface area contributed by atoms with Gasteiger partial charge in [0.2, 0.25) is 17.6 Å². The quantitative estimate of drug-likeness (QED) is 0.644. The average Bonchev–Trinajstić information content (AvgIpc) is 2.44. The van der Waals surface area contributed by atoms with Gasteiger partial charge in [-0.3, -0.25) is 10.1 Å². The summed E-state index contributed by atoms with van der Waals surface area (Å²) in [4.78, 5) is 18.0. The van der Waals surface area contributed by atoms with Crippen LogP contribution in [0.25, 0.3) is 0 Å². The number of nitro benzene ring substituents is 1. The maximum absolute atomic E-state index is 13.5. The van der Waals surface area contributed by atoms with Gasteiger partial charge in [0.15, 0.2) is 0 Å². The van der Waals surface area contributed by atoms with Crippen molar-refractivity contribution in [1.29, 1.82) is 0 Å². The summed E-state index contributed by atoms with van der Waals surface area (Å²) in [6, 6.07) is 1.87. The molecule has 0 radical (unpaired) electrons. The Hall–Kier alpha value is -2.00. The number of nitrogens with zero attached hydrogens (tertiary/aromatic N) is 3. The molecule has 0 spiro atoms. The lowest BCUT2D eigenvalue weighted by atomic mass is 10.3. The monoisotopic (exact) mass is 376 g/mol. The molecule has 0 aliphatic rings. The van der Waals surface area contributed by atoms with Gasteiger partial charge in [-0.2, -0.15) is 4.98 Å². The van der Waals surface area contributed by atoms with Crippen molar-refractivity contribution in [3.05, 3.63) is 43.8 Å². The van der Waals surface area contributed by atoms with Gasteiger partial charge >= 0.3 is 5.69 Å². The van der Waals surface area contributed by atoms with Crippen LogP contribution in [-0.4, -0.2) is 21.9 Å². The van der Waals surface area contributed by atoms with E-state index in [4.69, 9.17) is 16.3 Å². The minimum atomic E-state index is -0.713. The van der Waals surface area contributed by atoms with Crippen molar-refractivity contribution in [1.82, 2.24) is 9.97 Å². The first-order valence-corrected chi connectivity index (χ1v) is 6.61. The predicted octanol–water partition coefficient (Wildman–Crippen LogP) is 3.77. The topological polar surface area (TPSA) is 90.2 Å². The van der Waals surface area contributed by atoms with Crippen molar-refractivity contribution in [2.45, 2.75) is 0 Å². The van der Waals surface area contributed by atoms with E-state index in [2.05, 4.69) is 31.2 Å². The van der Waals surface area contributed by atoms with Crippen LogP contribution in [0, 0.1) is 15.9 Å². The molecule has 0 aliphatic heterocycles. The van der Waals surface area contributed by atoms with Crippen LogP contribution < -0.4 is 10.1 Å². The molecule has 0 saturated heterocycles. The van der Waals surface area contributed by atoms with Gasteiger partial charge in [-0.25, -0.2) is 9.37 Å². The Labute approximate surface area is 131 Å². The van der Waals surface area contributed by atoms with E-state index in [-0.39, 0.29) is 27.1 Å². The molecule has 2 aromatic rings. The second-order valence-electron chi connectivity index (χ2n) is 3.69. The summed E-state index contributed by atoms with van der Waals surface area (Å²) in [7, 11) is 1.58. The molecule has 0 aliphatic carbocycles. The number of hydrogen-bond acceptors (Lipinski definition) is 6. The highest BCUT2D eigenvalue weighted by molar-refractivity contribution is 9.10. The molecular formula is C11H7BrClFN4O3. The summed E-state index contributed by atoms with van der Waals surface area (Å²) in [6.07, 6.45) is 1.26. The van der Waals surface area contributed by atoms with Gasteiger partial charge < -0.3 is 10.1 Å². The molecule has 0 fully saturated rings. The van der Waals surface area contributed by atoms with Crippen molar-refractivity contribution in [3.63, 3.8) is 0 Å². The fourth-order valence-corrected chi connectivity index (χ4v) is 1.85. The molecule has 0 atom stereocenters. The van der Waals surface area contributed by atoms with Crippen LogP contribution in [0.15, 0.2) is 22.8 Å². The van der Waals surface area contributed by atoms with E-state index in [9.17, 15) is 14.5 Å². The van der Waals surface area contributed by atoms with Crippen LogP contribution in [0.5, 0.6) is 11.6 Å². The minimum Gasteiger partial charge on any atom is -0.430 e. The highest BCUT2D eigenvalue weighted by atomic mass is 79.9. The van der Waals surface area contributed by atoms with Crippen molar-refractivity contribution in [2.75, 3.05) is 12.4 Å². The SMILES string of the molecule is CNc1ncc(Cl)c(Oc2cc(F)c(Br)cc2[N+](=O)[O-])n1. The van der Waals surface area contributed by atoms with Gasteiger partial charge in [0.1, 0.15) is 10.8 Å². The second-order valence-corrected chi connectivity index (χ2v) is 4.95. The fraction of sp³-hybridized carbons (Fsp3) is 0.0909. The standard InChI is InChI=1S/C11H7BrClFN4O3/c1-15-11-16-4-6(13)10(17-11)21-9-3-7(14)5(12)2-8(9)18(19)20/h2-4H,1H3,(H,15,16,17). The Morgan fingerprint density at radius 2 is 2.24 bits per heavy atom. The van der Waals surface area contributed by atoms with Crippen molar-refractivity contribution in [2.24, 2.45) is 0 Å². The van der Waals surface area contributed by atoms with E-state index in [0.29, 0.717) is 0 Å². The van der Waals surface area contributed by atoms with Gasteiger partial charge in [0.05, 0.1) is 15.6 Å². The Morgan fingerprint density at radius 1 is 1.52 bits per heavy atom. The Morgan fingerprint density at radius 3 is 2.86 bits per heavy atom. The first kappa shape index (κ1) is 15.4. The zero-order valence-electron chi connectivity index (χ0n) is 10.4. The summed E-state index contributed by atoms with van der Waals surface area (Å²) in [5.74, 6) is -0.951. The van der Waals surface area contributed by atoms with E-state index in [1.54, 1.807) is 7.05 Å². The third-order valence-electron chi connectivity index (χ3n) is 2.34. The van der Waals surface area contributed by atoms with Crippen molar-refractivity contribution in [3.8, 4) is 11.6 Å². The minimum absolute atomic E-state index is 0.0339. The molecular weight excluding hydrogens is 371 g/mol. The van der Waals surface area contributed by atoms with Gasteiger partial charge in [-0.15, -0.1) is 0 Å². The van der Waals surface area contributed by atoms with Crippen molar-refractivity contribution >= 4 is 39.2 Å². The number of halogens is 3. The molecule has 10 heteroatoms. The Bertz CT molecular complexity index is 716. The number of nitro groups is 1. The van der Waals surface area contributed by atoms with E-state index >= 15 is 0 Å². The number of ether oxygens (including phenoxy) is 1. The number of nitrogens with one attached hydrogen (secondary N) is 1. The molecule has 2 rings (SSSR count). The van der Waals surface area contributed by atoms with Crippen LogP contribution >= 0.6 is 27.5 Å². The maximum Gasteiger partial charge on any atom is 0.312 e. The molecule has 1 N–H and O–H groups in total. The third kappa shape index (κ3) is 3.37. The molecule has 0 unspecified atom stereocenters. The van der Waals surface area contributed by atoms with Crippen LogP contribution in [0.2, 0.25) is 5.02 Å². The highest BCUT2D eigenvalue weighted by Crippen LogP contribution is 2.36. The number of benzene rings is 1. The first-order valence-electron chi connectivity index (χ1n) is 5.44. The maximum atomic E-state index is 13.5. The molecule has 21 heavy (non-hydrogen) atoms. The number of rotatable bonds is 4. The molecule has 0 amide bonds. The van der Waals surface area contributed by atoms with Gasteiger partial charge in [-0.1, -0.05) is 11.6 Å². The molecule has 0 bridgehead atoms. The third-order valence-corrected chi connectivity index (χ3v) is 3.21. The summed E-state index contributed by atoms with van der Waals surface area (Å²) < 4.78 is 18.7. The van der Waals surface area contributed by atoms with Crippen LogP contribution in [0.1, 0.15) is 0 Å². The summed E-state index contributed by atoms with van der Waals surface area (Å²) in [5.41, 5.74) is -0.427. The van der Waals surface area contributed by atoms with Crippen LogP contribution in [0.3, 0.4) is 0 Å². The number of hydrogen-bond donors (Lipinski definition) is 1. The van der Waals surface area contributed by atoms with E-state index in [0.717, 1.165) is 12.1 Å². The first-order chi connectivity index (χ1) is 9.92. The Balaban J connectivity index is 2.48. The van der Waals surface area contributed by atoms with Crippen LogP contribution in [-0.2, 0) is 0 Å². The predicted molar refractivity (Wildman–Crippen MR) is 77.4 cm³/mol. The van der Waals surface area contributed by atoms with E-state index in [1.807, 2.05) is 0 Å². The molecule has 1 aromatic heterocycles. The van der Waals surface area contributed by atoms with E-state index in [1.165, 1.54) is 6.20 Å². The Kier molecular flexibility index (Phi) is 4.53. The lowest BCUT2D eigenvalue weighted by Gasteiger charge is -2.08. The molecule has 7 nitrogen and oxygen atoms in total. The molecule has 1 heterocycles. The summed E-state index contributed by atoms with van der Waals surface area (Å²) in [5, 5.41) is 13.7. The van der Waals surface area contributed by atoms with E-state index < -0.39 is 16.4 Å².